The quantitative estimate of drug-likeness (QED) is 0.653. The highest BCUT2D eigenvalue weighted by Crippen LogP contribution is 2.11. The van der Waals surface area contributed by atoms with Crippen molar-refractivity contribution in [3.05, 3.63) is 48.2 Å². The fraction of sp³-hybridized carbons (Fsp3) is 0.333. The number of aryl methyl sites for hydroxylation is 1. The topological polar surface area (TPSA) is 63.6 Å². The van der Waals surface area contributed by atoms with Gasteiger partial charge < -0.3 is 9.84 Å². The lowest BCUT2D eigenvalue weighted by atomic mass is 10.0. The number of rotatable bonds is 5. The number of carbonyl (C=O) groups is 2. The zero-order chi connectivity index (χ0) is 14.7. The first kappa shape index (κ1) is 16.9. The Morgan fingerprint density at radius 3 is 2.42 bits per heavy atom. The molecule has 1 aromatic carbocycles. The van der Waals surface area contributed by atoms with Crippen LogP contribution < -0.4 is 0 Å². The summed E-state index contributed by atoms with van der Waals surface area (Å²) in [5, 5.41) is 8.86. The second kappa shape index (κ2) is 9.88. The first-order valence-electron chi connectivity index (χ1n) is 6.12. The maximum absolute atomic E-state index is 10.8. The molecule has 0 fully saturated rings. The van der Waals surface area contributed by atoms with E-state index in [4.69, 9.17) is 5.11 Å². The molecule has 19 heavy (non-hydrogen) atoms. The lowest BCUT2D eigenvalue weighted by Crippen LogP contribution is -2.01. The van der Waals surface area contributed by atoms with Gasteiger partial charge in [-0.25, -0.2) is 4.79 Å². The number of esters is 1. The van der Waals surface area contributed by atoms with Crippen LogP contribution in [0.4, 0.5) is 0 Å². The van der Waals surface area contributed by atoms with Crippen LogP contribution in [0.15, 0.2) is 37.1 Å². The minimum Gasteiger partial charge on any atom is -0.478 e. The van der Waals surface area contributed by atoms with Crippen LogP contribution in [0.1, 0.15) is 42.6 Å². The van der Waals surface area contributed by atoms with Crippen LogP contribution in [0.2, 0.25) is 0 Å². The van der Waals surface area contributed by atoms with E-state index >= 15 is 0 Å². The van der Waals surface area contributed by atoms with Crippen molar-refractivity contribution in [3.8, 4) is 0 Å². The molecule has 0 amide bonds. The lowest BCUT2D eigenvalue weighted by Gasteiger charge is -2.03. The molecule has 0 saturated carbocycles. The Hall–Kier alpha value is -2.10. The summed E-state index contributed by atoms with van der Waals surface area (Å²) in [4.78, 5) is 20.5. The number of hydrogen-bond donors (Lipinski definition) is 1. The van der Waals surface area contributed by atoms with Gasteiger partial charge in [-0.05, 0) is 24.5 Å². The molecule has 0 aromatic heterocycles. The standard InChI is InChI=1S/C11H14O2.C4H6O2/c1-2-3-6-9-7-4-5-8-10(9)11(12)13;1-3-6-4(2)5/h4-5,7-8H,2-3,6H2,1H3,(H,12,13);3H,1H2,2H3. The predicted molar refractivity (Wildman–Crippen MR) is 74.0 cm³/mol. The highest BCUT2D eigenvalue weighted by atomic mass is 16.5. The monoisotopic (exact) mass is 264 g/mol. The van der Waals surface area contributed by atoms with Crippen LogP contribution in [-0.2, 0) is 16.0 Å². The Morgan fingerprint density at radius 1 is 1.37 bits per heavy atom. The molecule has 0 aliphatic heterocycles. The van der Waals surface area contributed by atoms with Gasteiger partial charge in [0.1, 0.15) is 0 Å². The predicted octanol–water partition coefficient (Wildman–Crippen LogP) is 3.42. The molecule has 4 nitrogen and oxygen atoms in total. The Labute approximate surface area is 113 Å². The van der Waals surface area contributed by atoms with Crippen molar-refractivity contribution >= 4 is 11.9 Å². The molecular formula is C15H20O4. The lowest BCUT2D eigenvalue weighted by molar-refractivity contribution is -0.135. The molecule has 1 N–H and O–H groups in total. The summed E-state index contributed by atoms with van der Waals surface area (Å²) in [5.41, 5.74) is 1.38. The third kappa shape index (κ3) is 7.76. The number of carboxylic acids is 1. The summed E-state index contributed by atoms with van der Waals surface area (Å²) in [6, 6.07) is 7.20. The highest BCUT2D eigenvalue weighted by molar-refractivity contribution is 5.89. The number of aromatic carboxylic acids is 1. The first-order chi connectivity index (χ1) is 9.02. The minimum atomic E-state index is -0.827. The molecule has 0 radical (unpaired) electrons. The molecule has 0 aliphatic rings. The van der Waals surface area contributed by atoms with Crippen LogP contribution in [0.3, 0.4) is 0 Å². The van der Waals surface area contributed by atoms with Crippen LogP contribution in [-0.4, -0.2) is 17.0 Å². The molecule has 0 aliphatic carbocycles. The van der Waals surface area contributed by atoms with Crippen LogP contribution in [0.25, 0.3) is 0 Å². The summed E-state index contributed by atoms with van der Waals surface area (Å²) < 4.78 is 4.17. The van der Waals surface area contributed by atoms with E-state index in [0.29, 0.717) is 5.56 Å². The molecule has 0 atom stereocenters. The maximum atomic E-state index is 10.8. The van der Waals surface area contributed by atoms with Gasteiger partial charge in [0.2, 0.25) is 0 Å². The van der Waals surface area contributed by atoms with Gasteiger partial charge in [0, 0.05) is 6.92 Å². The van der Waals surface area contributed by atoms with Gasteiger partial charge >= 0.3 is 11.9 Å². The Balaban J connectivity index is 0.000000459. The summed E-state index contributed by atoms with van der Waals surface area (Å²) in [7, 11) is 0. The van der Waals surface area contributed by atoms with Gasteiger partial charge in [-0.1, -0.05) is 38.1 Å². The number of carbonyl (C=O) groups excluding carboxylic acids is 1. The zero-order valence-corrected chi connectivity index (χ0v) is 11.4. The largest absolute Gasteiger partial charge is 0.478 e. The number of unbranched alkanes of at least 4 members (excludes halogenated alkanes) is 1. The molecule has 4 heteroatoms. The summed E-state index contributed by atoms with van der Waals surface area (Å²) in [6.45, 7) is 6.58. The van der Waals surface area contributed by atoms with Crippen molar-refractivity contribution in [2.75, 3.05) is 0 Å². The van der Waals surface area contributed by atoms with Crippen LogP contribution in [0, 0.1) is 0 Å². The fourth-order valence-electron chi connectivity index (χ4n) is 1.43. The molecule has 0 heterocycles. The molecule has 0 spiro atoms. The molecule has 0 bridgehead atoms. The number of benzene rings is 1. The summed E-state index contributed by atoms with van der Waals surface area (Å²) >= 11 is 0. The van der Waals surface area contributed by atoms with E-state index < -0.39 is 5.97 Å². The first-order valence-corrected chi connectivity index (χ1v) is 6.12. The van der Waals surface area contributed by atoms with Gasteiger partial charge in [-0.2, -0.15) is 0 Å². The minimum absolute atomic E-state index is 0.329. The average Bonchev–Trinajstić information content (AvgIpc) is 2.37. The van der Waals surface area contributed by atoms with Crippen molar-refractivity contribution in [1.29, 1.82) is 0 Å². The van der Waals surface area contributed by atoms with E-state index in [2.05, 4.69) is 18.2 Å². The SMILES string of the molecule is C=COC(C)=O.CCCCc1ccccc1C(=O)O. The average molecular weight is 264 g/mol. The molecule has 1 rings (SSSR count). The van der Waals surface area contributed by atoms with Crippen molar-refractivity contribution in [2.45, 2.75) is 33.1 Å². The van der Waals surface area contributed by atoms with Gasteiger partial charge in [0.05, 0.1) is 11.8 Å². The normalized spacial score (nSPS) is 8.95. The van der Waals surface area contributed by atoms with E-state index in [0.717, 1.165) is 31.1 Å². The van der Waals surface area contributed by atoms with Crippen LogP contribution >= 0.6 is 0 Å². The van der Waals surface area contributed by atoms with Gasteiger partial charge in [0.25, 0.3) is 0 Å². The Bertz CT molecular complexity index is 424. The van der Waals surface area contributed by atoms with E-state index in [-0.39, 0.29) is 5.97 Å². The maximum Gasteiger partial charge on any atom is 0.335 e. The highest BCUT2D eigenvalue weighted by Gasteiger charge is 2.07. The molecule has 0 saturated heterocycles. The summed E-state index contributed by atoms with van der Waals surface area (Å²) in [6.07, 6.45) is 4.10. The van der Waals surface area contributed by atoms with Gasteiger partial charge in [-0.3, -0.25) is 4.79 Å². The van der Waals surface area contributed by atoms with Crippen molar-refractivity contribution < 1.29 is 19.4 Å². The third-order valence-corrected chi connectivity index (χ3v) is 2.30. The Kier molecular flexibility index (Phi) is 8.79. The zero-order valence-electron chi connectivity index (χ0n) is 11.4. The molecule has 1 aromatic rings. The van der Waals surface area contributed by atoms with E-state index in [9.17, 15) is 9.59 Å². The fourth-order valence-corrected chi connectivity index (χ4v) is 1.43. The molecule has 0 unspecified atom stereocenters. The summed E-state index contributed by atoms with van der Waals surface area (Å²) in [5.74, 6) is -1.16. The van der Waals surface area contributed by atoms with E-state index in [1.54, 1.807) is 12.1 Å². The molecular weight excluding hydrogens is 244 g/mol. The van der Waals surface area contributed by atoms with E-state index in [1.807, 2.05) is 12.1 Å². The van der Waals surface area contributed by atoms with Crippen molar-refractivity contribution in [1.82, 2.24) is 0 Å². The smallest absolute Gasteiger partial charge is 0.335 e. The van der Waals surface area contributed by atoms with Crippen molar-refractivity contribution in [2.24, 2.45) is 0 Å². The van der Waals surface area contributed by atoms with Crippen LogP contribution in [0.5, 0.6) is 0 Å². The second-order valence-electron chi connectivity index (χ2n) is 3.84. The third-order valence-electron chi connectivity index (χ3n) is 2.30. The van der Waals surface area contributed by atoms with Crippen molar-refractivity contribution in [3.63, 3.8) is 0 Å². The number of ether oxygens (including phenoxy) is 1. The number of carboxylic acid groups (broad SMARTS) is 1. The molecule has 104 valence electrons. The van der Waals surface area contributed by atoms with Gasteiger partial charge in [0.15, 0.2) is 0 Å². The Morgan fingerprint density at radius 2 is 2.00 bits per heavy atom. The van der Waals surface area contributed by atoms with Gasteiger partial charge in [-0.15, -0.1) is 0 Å². The number of hydrogen-bond acceptors (Lipinski definition) is 3. The van der Waals surface area contributed by atoms with E-state index in [1.165, 1.54) is 6.92 Å². The second-order valence-corrected chi connectivity index (χ2v) is 3.84.